The van der Waals surface area contributed by atoms with Crippen LogP contribution in [-0.4, -0.2) is 57.4 Å². The molecule has 0 amide bonds. The molecule has 6 heteroatoms. The molecule has 0 radical (unpaired) electrons. The zero-order chi connectivity index (χ0) is 15.2. The van der Waals surface area contributed by atoms with Crippen molar-refractivity contribution < 1.29 is 13.2 Å². The lowest BCUT2D eigenvalue weighted by Crippen LogP contribution is -2.42. The van der Waals surface area contributed by atoms with Crippen molar-refractivity contribution in [2.45, 2.75) is 52.2 Å². The van der Waals surface area contributed by atoms with Gasteiger partial charge in [-0.2, -0.15) is 0 Å². The highest BCUT2D eigenvalue weighted by molar-refractivity contribution is 7.88. The molecule has 1 fully saturated rings. The minimum absolute atomic E-state index is 0.351. The van der Waals surface area contributed by atoms with E-state index in [4.69, 9.17) is 4.74 Å². The van der Waals surface area contributed by atoms with Gasteiger partial charge in [-0.15, -0.1) is 0 Å². The first kappa shape index (κ1) is 17.9. The van der Waals surface area contributed by atoms with E-state index in [1.165, 1.54) is 10.6 Å². The molecule has 1 rings (SSSR count). The van der Waals surface area contributed by atoms with Crippen LogP contribution in [0.4, 0.5) is 0 Å². The maximum Gasteiger partial charge on any atom is 0.211 e. The lowest BCUT2D eigenvalue weighted by molar-refractivity contribution is -0.0242. The second-order valence-corrected chi connectivity index (χ2v) is 7.92. The van der Waals surface area contributed by atoms with Gasteiger partial charge in [0, 0.05) is 25.7 Å². The summed E-state index contributed by atoms with van der Waals surface area (Å²) in [5.74, 6) is 0.556. The fourth-order valence-electron chi connectivity index (χ4n) is 2.60. The third-order valence-corrected chi connectivity index (χ3v) is 5.28. The Morgan fingerprint density at radius 1 is 1.40 bits per heavy atom. The molecule has 1 aliphatic rings. The van der Waals surface area contributed by atoms with Crippen molar-refractivity contribution >= 4 is 10.0 Å². The van der Waals surface area contributed by atoms with Crippen LogP contribution >= 0.6 is 0 Å². The minimum atomic E-state index is -3.05. The summed E-state index contributed by atoms with van der Waals surface area (Å²) in [7, 11) is -3.05. The van der Waals surface area contributed by atoms with E-state index in [1.807, 2.05) is 6.92 Å². The third kappa shape index (κ3) is 6.08. The standard InChI is InChI=1S/C14H30N2O3S/c1-5-16(20(4,17)18)9-6-8-15-13-7-10-19-14(11-13)12(2)3/h12-15H,5-11H2,1-4H3. The van der Waals surface area contributed by atoms with Crippen LogP contribution in [0.2, 0.25) is 0 Å². The Morgan fingerprint density at radius 3 is 2.65 bits per heavy atom. The molecule has 1 aliphatic heterocycles. The Morgan fingerprint density at radius 2 is 2.10 bits per heavy atom. The van der Waals surface area contributed by atoms with Crippen LogP contribution in [0, 0.1) is 5.92 Å². The molecule has 0 aromatic carbocycles. The molecule has 1 saturated heterocycles. The van der Waals surface area contributed by atoms with E-state index >= 15 is 0 Å². The molecule has 1 heterocycles. The molecule has 0 spiro atoms. The van der Waals surface area contributed by atoms with Crippen molar-refractivity contribution in [3.63, 3.8) is 0 Å². The second-order valence-electron chi connectivity index (χ2n) is 5.94. The molecule has 0 aliphatic carbocycles. The van der Waals surface area contributed by atoms with Gasteiger partial charge in [0.05, 0.1) is 12.4 Å². The number of nitrogens with one attached hydrogen (secondary N) is 1. The van der Waals surface area contributed by atoms with Gasteiger partial charge < -0.3 is 10.1 Å². The highest BCUT2D eigenvalue weighted by atomic mass is 32.2. The smallest absolute Gasteiger partial charge is 0.211 e. The molecule has 0 saturated carbocycles. The maximum atomic E-state index is 11.5. The number of hydrogen-bond donors (Lipinski definition) is 1. The van der Waals surface area contributed by atoms with E-state index in [0.29, 0.717) is 31.2 Å². The monoisotopic (exact) mass is 306 g/mol. The van der Waals surface area contributed by atoms with Crippen LogP contribution in [0.1, 0.15) is 40.0 Å². The Balaban J connectivity index is 2.24. The quantitative estimate of drug-likeness (QED) is 0.690. The van der Waals surface area contributed by atoms with Crippen LogP contribution in [0.25, 0.3) is 0 Å². The first-order valence-corrected chi connectivity index (χ1v) is 9.49. The lowest BCUT2D eigenvalue weighted by atomic mass is 9.95. The minimum Gasteiger partial charge on any atom is -0.378 e. The summed E-state index contributed by atoms with van der Waals surface area (Å²) in [5, 5.41) is 3.54. The van der Waals surface area contributed by atoms with E-state index in [-0.39, 0.29) is 0 Å². The van der Waals surface area contributed by atoms with Gasteiger partial charge in [-0.1, -0.05) is 20.8 Å². The van der Waals surface area contributed by atoms with Crippen LogP contribution in [-0.2, 0) is 14.8 Å². The van der Waals surface area contributed by atoms with E-state index in [9.17, 15) is 8.42 Å². The number of ether oxygens (including phenoxy) is 1. The van der Waals surface area contributed by atoms with Crippen LogP contribution in [0.5, 0.6) is 0 Å². The number of rotatable bonds is 8. The van der Waals surface area contributed by atoms with Gasteiger partial charge in [-0.25, -0.2) is 12.7 Å². The molecule has 2 unspecified atom stereocenters. The van der Waals surface area contributed by atoms with Crippen molar-refractivity contribution in [1.82, 2.24) is 9.62 Å². The molecule has 120 valence electrons. The van der Waals surface area contributed by atoms with Crippen LogP contribution in [0.15, 0.2) is 0 Å². The molecule has 1 N–H and O–H groups in total. The second kappa shape index (κ2) is 8.32. The summed E-state index contributed by atoms with van der Waals surface area (Å²) in [6.07, 6.45) is 4.58. The fourth-order valence-corrected chi connectivity index (χ4v) is 3.53. The van der Waals surface area contributed by atoms with Crippen molar-refractivity contribution in [1.29, 1.82) is 0 Å². The molecule has 0 aromatic heterocycles. The Hall–Kier alpha value is -0.170. The predicted octanol–water partition coefficient (Wildman–Crippen LogP) is 1.45. The Kier molecular flexibility index (Phi) is 7.43. The lowest BCUT2D eigenvalue weighted by Gasteiger charge is -2.32. The number of hydrogen-bond acceptors (Lipinski definition) is 4. The van der Waals surface area contributed by atoms with E-state index in [2.05, 4.69) is 19.2 Å². The third-order valence-electron chi connectivity index (χ3n) is 3.90. The molecule has 5 nitrogen and oxygen atoms in total. The molecular weight excluding hydrogens is 276 g/mol. The maximum absolute atomic E-state index is 11.5. The van der Waals surface area contributed by atoms with Gasteiger partial charge in [0.1, 0.15) is 0 Å². The topological polar surface area (TPSA) is 58.6 Å². The first-order chi connectivity index (χ1) is 9.34. The molecule has 2 atom stereocenters. The van der Waals surface area contributed by atoms with Crippen molar-refractivity contribution in [2.75, 3.05) is 32.5 Å². The molecular formula is C14H30N2O3S. The zero-order valence-corrected chi connectivity index (χ0v) is 14.1. The van der Waals surface area contributed by atoms with Crippen molar-refractivity contribution in [3.05, 3.63) is 0 Å². The summed E-state index contributed by atoms with van der Waals surface area (Å²) >= 11 is 0. The molecule has 0 aromatic rings. The molecule has 20 heavy (non-hydrogen) atoms. The average Bonchev–Trinajstić information content (AvgIpc) is 2.37. The van der Waals surface area contributed by atoms with Gasteiger partial charge >= 0.3 is 0 Å². The van der Waals surface area contributed by atoms with Gasteiger partial charge in [0.15, 0.2) is 0 Å². The largest absolute Gasteiger partial charge is 0.378 e. The normalized spacial score (nSPS) is 24.5. The van der Waals surface area contributed by atoms with Gasteiger partial charge in [0.25, 0.3) is 0 Å². The average molecular weight is 306 g/mol. The van der Waals surface area contributed by atoms with Gasteiger partial charge in [0.2, 0.25) is 10.0 Å². The number of nitrogens with zero attached hydrogens (tertiary/aromatic N) is 1. The SMILES string of the molecule is CCN(CCCNC1CCOC(C(C)C)C1)S(C)(=O)=O. The highest BCUT2D eigenvalue weighted by Crippen LogP contribution is 2.20. The summed E-state index contributed by atoms with van der Waals surface area (Å²) in [4.78, 5) is 0. The van der Waals surface area contributed by atoms with E-state index in [1.54, 1.807) is 0 Å². The van der Waals surface area contributed by atoms with E-state index in [0.717, 1.165) is 32.4 Å². The summed E-state index contributed by atoms with van der Waals surface area (Å²) in [6.45, 7) is 9.09. The predicted molar refractivity (Wildman–Crippen MR) is 82.3 cm³/mol. The van der Waals surface area contributed by atoms with E-state index < -0.39 is 10.0 Å². The number of sulfonamides is 1. The highest BCUT2D eigenvalue weighted by Gasteiger charge is 2.24. The summed E-state index contributed by atoms with van der Waals surface area (Å²) in [5.41, 5.74) is 0. The Bertz CT molecular complexity index is 371. The summed E-state index contributed by atoms with van der Waals surface area (Å²) in [6, 6.07) is 0.504. The van der Waals surface area contributed by atoms with Crippen LogP contribution < -0.4 is 5.32 Å². The first-order valence-electron chi connectivity index (χ1n) is 7.64. The Labute approximate surface area is 124 Å². The van der Waals surface area contributed by atoms with Gasteiger partial charge in [-0.05, 0) is 31.7 Å². The fraction of sp³-hybridized carbons (Fsp3) is 1.00. The van der Waals surface area contributed by atoms with Crippen molar-refractivity contribution in [3.8, 4) is 0 Å². The summed E-state index contributed by atoms with van der Waals surface area (Å²) < 4.78 is 30.2. The van der Waals surface area contributed by atoms with Gasteiger partial charge in [-0.3, -0.25) is 0 Å². The van der Waals surface area contributed by atoms with Crippen molar-refractivity contribution in [2.24, 2.45) is 5.92 Å². The zero-order valence-electron chi connectivity index (χ0n) is 13.3. The van der Waals surface area contributed by atoms with Crippen LogP contribution in [0.3, 0.4) is 0 Å². The molecule has 0 bridgehead atoms.